The summed E-state index contributed by atoms with van der Waals surface area (Å²) in [6, 6.07) is 20.6. The second kappa shape index (κ2) is 24.0. The first-order valence-corrected chi connectivity index (χ1v) is 34.1. The van der Waals surface area contributed by atoms with Crippen molar-refractivity contribution in [3.05, 3.63) is 105 Å². The van der Waals surface area contributed by atoms with Gasteiger partial charge in [0.1, 0.15) is 23.0 Å². The average Bonchev–Trinajstić information content (AvgIpc) is 1.33. The minimum atomic E-state index is -4.29. The lowest BCUT2D eigenvalue weighted by Crippen LogP contribution is -2.32. The van der Waals surface area contributed by atoms with Gasteiger partial charge in [-0.15, -0.1) is 17.6 Å². The highest BCUT2D eigenvalue weighted by atomic mass is 31.1. The van der Waals surface area contributed by atoms with Gasteiger partial charge in [0, 0.05) is 66.2 Å². The SMILES string of the molecule is COc1cc(P(c2cc(C(C)(C)C)c(OC)c(C(C)(C)C)c2)c2cc(C(C)(C)C)c(OC)c(C(C)(C)C)c2)c(-c2c(P(c3cc(C(C)(C)C)c(OC)c(C(C)(C)C)c3)c3cc(C(C)(C)C)c(OC)c(C(C)(C)C)c3)cc(OC)c3c2OC(F)(F)O3)c2c1OC(F)(F)O2. The summed E-state index contributed by atoms with van der Waals surface area (Å²) in [6.07, 6.45) is -8.58. The van der Waals surface area contributed by atoms with E-state index in [4.69, 9.17) is 47.4 Å². The Morgan fingerprint density at radius 1 is 0.272 bits per heavy atom. The van der Waals surface area contributed by atoms with Crippen LogP contribution >= 0.6 is 15.8 Å². The molecule has 0 atom stereocenters. The van der Waals surface area contributed by atoms with Crippen LogP contribution in [0.3, 0.4) is 0 Å². The molecule has 0 unspecified atom stereocenters. The molecule has 0 radical (unpaired) electrons. The van der Waals surface area contributed by atoms with Crippen LogP contribution < -0.4 is 79.2 Å². The Labute approximate surface area is 548 Å². The normalized spacial score (nSPS) is 15.1. The quantitative estimate of drug-likeness (QED) is 0.0822. The summed E-state index contributed by atoms with van der Waals surface area (Å²) in [5, 5.41) is 3.90. The van der Waals surface area contributed by atoms with E-state index < -0.39 is 94.8 Å². The molecule has 2 heterocycles. The van der Waals surface area contributed by atoms with E-state index in [0.717, 1.165) is 65.7 Å². The van der Waals surface area contributed by atoms with Crippen LogP contribution in [-0.2, 0) is 43.3 Å². The molecule has 0 saturated heterocycles. The molecule has 0 bridgehead atoms. The van der Waals surface area contributed by atoms with Crippen LogP contribution in [-0.4, -0.2) is 55.2 Å². The van der Waals surface area contributed by atoms with Crippen molar-refractivity contribution in [1.29, 1.82) is 0 Å². The Hall–Kier alpha value is -6.10. The zero-order chi connectivity index (χ0) is 69.3. The predicted octanol–water partition coefficient (Wildman–Crippen LogP) is 17.9. The van der Waals surface area contributed by atoms with E-state index in [-0.39, 0.29) is 22.6 Å². The lowest BCUT2D eigenvalue weighted by molar-refractivity contribution is -0.288. The van der Waals surface area contributed by atoms with Gasteiger partial charge in [-0.05, 0) is 141 Å². The number of ether oxygens (including phenoxy) is 10. The summed E-state index contributed by atoms with van der Waals surface area (Å²) in [6.45, 7) is 51.0. The predicted molar refractivity (Wildman–Crippen MR) is 371 cm³/mol. The number of hydrogen-bond donors (Lipinski definition) is 0. The topological polar surface area (TPSA) is 92.3 Å². The van der Waals surface area contributed by atoms with Crippen LogP contribution in [0.4, 0.5) is 17.6 Å². The Kier molecular flexibility index (Phi) is 18.7. The van der Waals surface area contributed by atoms with Gasteiger partial charge in [0.05, 0.1) is 42.7 Å². The molecule has 0 fully saturated rings. The van der Waals surface area contributed by atoms with E-state index in [2.05, 4.69) is 215 Å². The number of hydrogen-bond acceptors (Lipinski definition) is 10. The van der Waals surface area contributed by atoms with E-state index in [1.165, 1.54) is 14.2 Å². The van der Waals surface area contributed by atoms with Crippen molar-refractivity contribution in [2.75, 3.05) is 42.7 Å². The summed E-state index contributed by atoms with van der Waals surface area (Å²) in [4.78, 5) is 0. The van der Waals surface area contributed by atoms with Crippen LogP contribution in [0.5, 0.6) is 57.5 Å². The molecule has 10 nitrogen and oxygen atoms in total. The first-order chi connectivity index (χ1) is 41.9. The van der Waals surface area contributed by atoms with Crippen LogP contribution in [0.2, 0.25) is 0 Å². The van der Waals surface area contributed by atoms with E-state index in [0.29, 0.717) is 33.6 Å². The highest BCUT2D eigenvalue weighted by Crippen LogP contribution is 2.62. The van der Waals surface area contributed by atoms with Crippen molar-refractivity contribution in [2.24, 2.45) is 0 Å². The van der Waals surface area contributed by atoms with Crippen LogP contribution in [0.1, 0.15) is 211 Å². The van der Waals surface area contributed by atoms with Crippen LogP contribution in [0, 0.1) is 0 Å². The molecule has 0 N–H and O–H groups in total. The van der Waals surface area contributed by atoms with E-state index in [1.54, 1.807) is 40.6 Å². The van der Waals surface area contributed by atoms with Gasteiger partial charge < -0.3 is 47.4 Å². The zero-order valence-electron chi connectivity index (χ0n) is 60.3. The van der Waals surface area contributed by atoms with E-state index >= 15 is 17.6 Å². The van der Waals surface area contributed by atoms with Gasteiger partial charge >= 0.3 is 12.6 Å². The van der Waals surface area contributed by atoms with Crippen molar-refractivity contribution in [1.82, 2.24) is 0 Å². The van der Waals surface area contributed by atoms with Gasteiger partial charge in [0.15, 0.2) is 23.0 Å². The highest BCUT2D eigenvalue weighted by molar-refractivity contribution is 7.81. The summed E-state index contributed by atoms with van der Waals surface area (Å²) < 4.78 is 129. The second-order valence-electron chi connectivity index (χ2n) is 32.6. The zero-order valence-corrected chi connectivity index (χ0v) is 62.1. The fraction of sp³-hybridized carbons (Fsp3) is 0.526. The highest BCUT2D eigenvalue weighted by Gasteiger charge is 2.53. The fourth-order valence-corrected chi connectivity index (χ4v) is 17.6. The Morgan fingerprint density at radius 3 is 0.598 bits per heavy atom. The van der Waals surface area contributed by atoms with Gasteiger partial charge in [0.25, 0.3) is 0 Å². The van der Waals surface area contributed by atoms with Crippen molar-refractivity contribution in [3.63, 3.8) is 0 Å². The van der Waals surface area contributed by atoms with Gasteiger partial charge in [0.2, 0.25) is 11.5 Å². The van der Waals surface area contributed by atoms with Crippen molar-refractivity contribution < 1.29 is 64.9 Å². The minimum Gasteiger partial charge on any atom is -0.496 e. The molecule has 0 amide bonds. The third kappa shape index (κ3) is 13.6. The third-order valence-electron chi connectivity index (χ3n) is 17.0. The number of alkyl halides is 4. The molecule has 2 aliphatic rings. The molecular weight excluding hydrogens is 1210 g/mol. The molecule has 16 heteroatoms. The molecule has 0 aromatic heterocycles. The second-order valence-corrected chi connectivity index (χ2v) is 36.9. The molecule has 8 rings (SSSR count). The standard InChI is InChI=1S/C76H100F4O10P2/c1-67(2,3)45-31-41(32-46(59(45)83-27)68(4,5)6)91(42-33-47(69(7,8)9)60(84-28)48(34-42)70(10,11)12)55-39-53(81-25)63-65(89-75(77,78)87-63)57(55)58-56(40-54(82-26)64-66(58)90-76(79,80)88-64)92(43-35-49(71(13,14)15)61(85-29)50(36-43)72(16,17)18)44-37-51(73(19,20)21)62(86-30)52(38-44)74(22,23)24/h31-40H,1-30H3. The van der Waals surface area contributed by atoms with Crippen LogP contribution in [0.25, 0.3) is 11.1 Å². The molecule has 0 spiro atoms. The number of methoxy groups -OCH3 is 6. The van der Waals surface area contributed by atoms with Crippen LogP contribution in [0.15, 0.2) is 60.7 Å². The first kappa shape index (κ1) is 71.7. The summed E-state index contributed by atoms with van der Waals surface area (Å²) in [7, 11) is 5.21. The number of benzene rings is 6. The van der Waals surface area contributed by atoms with Gasteiger partial charge in [-0.1, -0.05) is 166 Å². The maximum Gasteiger partial charge on any atom is 0.586 e. The fourth-order valence-electron chi connectivity index (χ4n) is 12.4. The van der Waals surface area contributed by atoms with Gasteiger partial charge in [-0.25, -0.2) is 0 Å². The first-order valence-electron chi connectivity index (χ1n) is 31.4. The minimum absolute atomic E-state index is 0.0103. The van der Waals surface area contributed by atoms with Gasteiger partial charge in [-0.2, -0.15) is 0 Å². The average molecular weight is 1310 g/mol. The Bertz CT molecular complexity index is 3270. The van der Waals surface area contributed by atoms with Crippen molar-refractivity contribution in [3.8, 4) is 68.6 Å². The smallest absolute Gasteiger partial charge is 0.496 e. The third-order valence-corrected chi connectivity index (χ3v) is 21.8. The Morgan fingerprint density at radius 2 is 0.446 bits per heavy atom. The lowest BCUT2D eigenvalue weighted by Gasteiger charge is -2.35. The maximum absolute atomic E-state index is 17.0. The molecule has 92 heavy (non-hydrogen) atoms. The maximum atomic E-state index is 17.0. The molecule has 0 aliphatic carbocycles. The number of fused-ring (bicyclic) bond motifs is 2. The number of halogens is 4. The molecule has 502 valence electrons. The Balaban J connectivity index is 1.79. The molecule has 6 aromatic carbocycles. The molecule has 0 saturated carbocycles. The van der Waals surface area contributed by atoms with E-state index in [1.807, 2.05) is 0 Å². The monoisotopic (exact) mass is 1310 g/mol. The summed E-state index contributed by atoms with van der Waals surface area (Å²) in [5.41, 5.74) is 2.80. The van der Waals surface area contributed by atoms with Crippen molar-refractivity contribution in [2.45, 2.75) is 222 Å². The summed E-state index contributed by atoms with van der Waals surface area (Å²) in [5.74, 6) is 0.844. The largest absolute Gasteiger partial charge is 0.586 e. The molecular formula is C76H100F4O10P2. The van der Waals surface area contributed by atoms with Gasteiger partial charge in [-0.3, -0.25) is 0 Å². The molecule has 2 aliphatic heterocycles. The molecule has 6 aromatic rings. The lowest BCUT2D eigenvalue weighted by atomic mass is 9.79. The van der Waals surface area contributed by atoms with Crippen molar-refractivity contribution >= 4 is 47.7 Å². The van der Waals surface area contributed by atoms with E-state index in [9.17, 15) is 0 Å². The summed E-state index contributed by atoms with van der Waals surface area (Å²) >= 11 is 0. The number of rotatable bonds is 13.